The number of likely N-dealkylation sites (N-methyl/N-ethyl adjacent to an activating group) is 1. The summed E-state index contributed by atoms with van der Waals surface area (Å²) >= 11 is 0. The number of aromatic nitrogens is 2. The molecule has 2 aromatic rings. The van der Waals surface area contributed by atoms with Crippen LogP contribution in [0.15, 0.2) is 34.9 Å². The quantitative estimate of drug-likeness (QED) is 0.365. The molecule has 5 N–H and O–H groups in total. The largest absolute Gasteiger partial charge is 0.481 e. The normalized spacial score (nSPS) is 17.3. The maximum atomic E-state index is 14.0. The number of allylic oxidation sites excluding steroid dienone is 1. The molecule has 208 valence electrons. The second-order valence-electron chi connectivity index (χ2n) is 10.0. The Bertz CT molecular complexity index is 1250. The minimum atomic E-state index is -2.70. The van der Waals surface area contributed by atoms with Gasteiger partial charge < -0.3 is 25.3 Å². The molecule has 4 rings (SSSR count). The lowest BCUT2D eigenvalue weighted by molar-refractivity contribution is -0.134. The first-order valence-electron chi connectivity index (χ1n) is 12.8. The number of aliphatic carboxylic acids is 1. The number of alkyl halides is 2. The molecule has 11 heteroatoms. The number of nitrogens with two attached hydrogens (primary N) is 2. The van der Waals surface area contributed by atoms with E-state index in [1.54, 1.807) is 28.6 Å². The topological polar surface area (TPSA) is 131 Å². The van der Waals surface area contributed by atoms with Crippen LogP contribution in [0, 0.1) is 6.92 Å². The molecule has 38 heavy (non-hydrogen) atoms. The molecule has 0 radical (unpaired) electrons. The van der Waals surface area contributed by atoms with Gasteiger partial charge in [-0.15, -0.1) is 0 Å². The third-order valence-corrected chi connectivity index (χ3v) is 6.74. The van der Waals surface area contributed by atoms with Crippen molar-refractivity contribution in [1.29, 1.82) is 0 Å². The minimum Gasteiger partial charge on any atom is -0.481 e. The summed E-state index contributed by atoms with van der Waals surface area (Å²) in [6, 6.07) is 5.27. The first-order chi connectivity index (χ1) is 17.8. The van der Waals surface area contributed by atoms with Crippen LogP contribution in [0.25, 0.3) is 5.70 Å². The summed E-state index contributed by atoms with van der Waals surface area (Å²) < 4.78 is 29.6. The fourth-order valence-corrected chi connectivity index (χ4v) is 4.72. The zero-order valence-corrected chi connectivity index (χ0v) is 22.5. The number of pyridine rings is 2. The molecule has 1 saturated carbocycles. The number of carboxylic acid groups (broad SMARTS) is 1. The van der Waals surface area contributed by atoms with Crippen molar-refractivity contribution in [3.05, 3.63) is 63.0 Å². The van der Waals surface area contributed by atoms with Crippen LogP contribution in [0.2, 0.25) is 0 Å². The Morgan fingerprint density at radius 2 is 1.97 bits per heavy atom. The number of carboxylic acids is 1. The molecule has 0 atom stereocenters. The Labute approximate surface area is 221 Å². The molecule has 0 spiro atoms. The lowest BCUT2D eigenvalue weighted by Crippen LogP contribution is -2.43. The molecule has 1 aliphatic carbocycles. The average molecular weight is 533 g/mol. The summed E-state index contributed by atoms with van der Waals surface area (Å²) in [7, 11) is 1.67. The van der Waals surface area contributed by atoms with E-state index in [0.29, 0.717) is 53.8 Å². The zero-order valence-electron chi connectivity index (χ0n) is 22.5. The summed E-state index contributed by atoms with van der Waals surface area (Å²) in [6.07, 6.45) is 5.05. The van der Waals surface area contributed by atoms with E-state index in [-0.39, 0.29) is 25.1 Å². The van der Waals surface area contributed by atoms with Crippen molar-refractivity contribution in [3.8, 4) is 0 Å². The number of anilines is 1. The van der Waals surface area contributed by atoms with Gasteiger partial charge in [0.1, 0.15) is 0 Å². The van der Waals surface area contributed by atoms with Gasteiger partial charge in [0.05, 0.1) is 41.6 Å². The third-order valence-electron chi connectivity index (χ3n) is 6.74. The number of hydrazine groups is 1. The number of hydrogen-bond acceptors (Lipinski definition) is 7. The van der Waals surface area contributed by atoms with Crippen molar-refractivity contribution in [1.82, 2.24) is 14.6 Å². The van der Waals surface area contributed by atoms with Crippen molar-refractivity contribution in [2.24, 2.45) is 11.6 Å². The summed E-state index contributed by atoms with van der Waals surface area (Å²) in [4.78, 5) is 28.2. The Balaban J connectivity index is 0.000000934. The van der Waals surface area contributed by atoms with Gasteiger partial charge in [-0.1, -0.05) is 6.92 Å². The molecule has 0 bridgehead atoms. The molecule has 2 fully saturated rings. The molecule has 1 saturated heterocycles. The van der Waals surface area contributed by atoms with Gasteiger partial charge in [-0.2, -0.15) is 0 Å². The third kappa shape index (κ3) is 7.31. The van der Waals surface area contributed by atoms with Crippen LogP contribution < -0.4 is 22.0 Å². The number of halogens is 2. The van der Waals surface area contributed by atoms with Crippen molar-refractivity contribution >= 4 is 17.4 Å². The van der Waals surface area contributed by atoms with Gasteiger partial charge in [0, 0.05) is 39.2 Å². The predicted molar refractivity (Wildman–Crippen MR) is 144 cm³/mol. The van der Waals surface area contributed by atoms with E-state index in [2.05, 4.69) is 0 Å². The maximum Gasteiger partial charge on any atom is 0.300 e. The summed E-state index contributed by atoms with van der Waals surface area (Å²) in [5.74, 6) is 3.07. The minimum absolute atomic E-state index is 0.0845. The second kappa shape index (κ2) is 11.9. The molecular weight excluding hydrogens is 494 g/mol. The van der Waals surface area contributed by atoms with Crippen LogP contribution >= 0.6 is 0 Å². The fraction of sp³-hybridized carbons (Fsp3) is 0.519. The summed E-state index contributed by atoms with van der Waals surface area (Å²) in [5, 5.41) is 8.82. The number of carbonyl (C=O) groups is 1. The van der Waals surface area contributed by atoms with Crippen LogP contribution in [-0.2, 0) is 17.8 Å². The Morgan fingerprint density at radius 1 is 1.32 bits per heavy atom. The highest BCUT2D eigenvalue weighted by atomic mass is 19.3. The van der Waals surface area contributed by atoms with E-state index in [1.807, 2.05) is 26.1 Å². The molecule has 1 aliphatic heterocycles. The highest BCUT2D eigenvalue weighted by molar-refractivity contribution is 5.65. The van der Waals surface area contributed by atoms with Crippen molar-refractivity contribution < 1.29 is 18.7 Å². The average Bonchev–Trinajstić information content (AvgIpc) is 3.67. The van der Waals surface area contributed by atoms with Crippen molar-refractivity contribution in [2.75, 3.05) is 25.0 Å². The monoisotopic (exact) mass is 532 g/mol. The Kier molecular flexibility index (Phi) is 9.14. The highest BCUT2D eigenvalue weighted by Crippen LogP contribution is 2.40. The standard InChI is InChI=1S/C25H34F2N6O.C2H4O2/c1-4-19-21(32-11-5-10-25(26,27)15-32)9-8-20(30-19)24(28)22(31(3)29)14-33-13-16(2)18(12-23(33)34)17-6-7-17;1-2(3)4/h8-9,12-13,17H,4-7,10-11,14-15,28-29H2,1-3H3;1H3,(H,3,4)/b24-22-;. The smallest absolute Gasteiger partial charge is 0.300 e. The Hall–Kier alpha value is -3.47. The molecule has 2 aromatic heterocycles. The van der Waals surface area contributed by atoms with Crippen LogP contribution in [-0.4, -0.2) is 51.7 Å². The molecule has 0 unspecified atom stereocenters. The van der Waals surface area contributed by atoms with E-state index >= 15 is 0 Å². The highest BCUT2D eigenvalue weighted by Gasteiger charge is 2.36. The van der Waals surface area contributed by atoms with Gasteiger partial charge in [-0.05, 0) is 61.8 Å². The number of rotatable bonds is 7. The number of nitrogens with zero attached hydrogens (tertiary/aromatic N) is 4. The SMILES string of the molecule is CC(=O)O.CCc1nc(/C(N)=C(\Cn2cc(C)c(C3CC3)cc2=O)N(C)N)ccc1N1CCCC(F)(F)C1. The van der Waals surface area contributed by atoms with Gasteiger partial charge in [0.25, 0.3) is 17.5 Å². The predicted octanol–water partition coefficient (Wildman–Crippen LogP) is 3.45. The van der Waals surface area contributed by atoms with Crippen LogP contribution in [0.4, 0.5) is 14.5 Å². The second-order valence-corrected chi connectivity index (χ2v) is 10.0. The van der Waals surface area contributed by atoms with E-state index in [1.165, 1.54) is 5.01 Å². The maximum absolute atomic E-state index is 14.0. The molecule has 0 aromatic carbocycles. The van der Waals surface area contributed by atoms with E-state index < -0.39 is 11.9 Å². The number of hydrogen-bond donors (Lipinski definition) is 3. The van der Waals surface area contributed by atoms with Gasteiger partial charge in [-0.25, -0.2) is 19.6 Å². The van der Waals surface area contributed by atoms with E-state index in [9.17, 15) is 13.6 Å². The molecule has 2 aliphatic rings. The van der Waals surface area contributed by atoms with E-state index in [0.717, 1.165) is 30.9 Å². The summed E-state index contributed by atoms with van der Waals surface area (Å²) in [6.45, 7) is 5.51. The molecule has 3 heterocycles. The fourth-order valence-electron chi connectivity index (χ4n) is 4.72. The number of piperidine rings is 1. The van der Waals surface area contributed by atoms with Crippen LogP contribution in [0.5, 0.6) is 0 Å². The lowest BCUT2D eigenvalue weighted by Gasteiger charge is -2.35. The van der Waals surface area contributed by atoms with Gasteiger partial charge in [0.15, 0.2) is 0 Å². The van der Waals surface area contributed by atoms with Gasteiger partial charge >= 0.3 is 0 Å². The zero-order chi connectivity index (χ0) is 28.2. The number of aryl methyl sites for hydroxylation is 2. The van der Waals surface area contributed by atoms with Crippen LogP contribution in [0.3, 0.4) is 0 Å². The van der Waals surface area contributed by atoms with E-state index in [4.69, 9.17) is 26.5 Å². The molecule has 9 nitrogen and oxygen atoms in total. The van der Waals surface area contributed by atoms with Crippen molar-refractivity contribution in [3.63, 3.8) is 0 Å². The Morgan fingerprint density at radius 3 is 2.53 bits per heavy atom. The van der Waals surface area contributed by atoms with Gasteiger partial charge in [-0.3, -0.25) is 9.59 Å². The first kappa shape index (κ1) is 29.1. The first-order valence-corrected chi connectivity index (χ1v) is 12.8. The van der Waals surface area contributed by atoms with Crippen LogP contribution in [0.1, 0.15) is 68.0 Å². The lowest BCUT2D eigenvalue weighted by atomic mass is 10.0. The summed E-state index contributed by atoms with van der Waals surface area (Å²) in [5.41, 5.74) is 11.4. The van der Waals surface area contributed by atoms with Gasteiger partial charge in [0.2, 0.25) is 0 Å². The molecular formula is C27H38F2N6O3. The molecule has 0 amide bonds. The van der Waals surface area contributed by atoms with Crippen molar-refractivity contribution in [2.45, 2.75) is 71.3 Å².